The predicted molar refractivity (Wildman–Crippen MR) is 65.5 cm³/mol. The van der Waals surface area contributed by atoms with Gasteiger partial charge in [-0.05, 0) is 24.5 Å². The molecule has 5 nitrogen and oxygen atoms in total. The van der Waals surface area contributed by atoms with E-state index in [-0.39, 0.29) is 11.7 Å². The van der Waals surface area contributed by atoms with Crippen LogP contribution in [-0.4, -0.2) is 27.7 Å². The molecule has 1 aromatic heterocycles. The van der Waals surface area contributed by atoms with Gasteiger partial charge in [-0.25, -0.2) is 9.78 Å². The molecule has 1 fully saturated rings. The summed E-state index contributed by atoms with van der Waals surface area (Å²) in [6.45, 7) is 2.84. The van der Waals surface area contributed by atoms with Crippen molar-refractivity contribution in [2.24, 2.45) is 5.92 Å². The molecule has 0 bridgehead atoms. The Morgan fingerprint density at radius 1 is 1.56 bits per heavy atom. The van der Waals surface area contributed by atoms with Crippen molar-refractivity contribution in [1.29, 1.82) is 0 Å². The molecule has 2 atom stereocenters. The zero-order chi connectivity index (χ0) is 12.7. The first kappa shape index (κ1) is 11.2. The summed E-state index contributed by atoms with van der Waals surface area (Å²) in [6, 6.07) is 5.11. The Balaban J connectivity index is 2.11. The third-order valence-corrected chi connectivity index (χ3v) is 3.42. The molecule has 94 valence electrons. The van der Waals surface area contributed by atoms with Crippen LogP contribution < -0.4 is 0 Å². The van der Waals surface area contributed by atoms with Crippen LogP contribution in [0.3, 0.4) is 0 Å². The average Bonchev–Trinajstić information content (AvgIpc) is 2.92. The maximum Gasteiger partial charge on any atom is 0.337 e. The van der Waals surface area contributed by atoms with Gasteiger partial charge in [-0.2, -0.15) is 0 Å². The van der Waals surface area contributed by atoms with Crippen LogP contribution in [0.25, 0.3) is 11.0 Å². The Bertz CT molecular complexity index is 605. The van der Waals surface area contributed by atoms with E-state index in [1.807, 2.05) is 6.07 Å². The number of hydrogen-bond acceptors (Lipinski definition) is 3. The van der Waals surface area contributed by atoms with E-state index >= 15 is 0 Å². The van der Waals surface area contributed by atoms with Gasteiger partial charge in [0.25, 0.3) is 0 Å². The fourth-order valence-corrected chi connectivity index (χ4v) is 2.40. The van der Waals surface area contributed by atoms with E-state index in [4.69, 9.17) is 9.84 Å². The van der Waals surface area contributed by atoms with Gasteiger partial charge in [-0.3, -0.25) is 0 Å². The lowest BCUT2D eigenvalue weighted by Gasteiger charge is -2.10. The second-order valence-electron chi connectivity index (χ2n) is 4.69. The molecule has 2 unspecified atom stereocenters. The predicted octanol–water partition coefficient (Wildman–Crippen LogP) is 2.36. The number of imidazole rings is 1. The Kier molecular flexibility index (Phi) is 2.56. The van der Waals surface area contributed by atoms with Crippen LogP contribution in [0.4, 0.5) is 0 Å². The van der Waals surface area contributed by atoms with E-state index in [0.29, 0.717) is 11.4 Å². The van der Waals surface area contributed by atoms with Gasteiger partial charge < -0.3 is 14.8 Å². The Morgan fingerprint density at radius 2 is 2.39 bits per heavy atom. The Labute approximate surface area is 104 Å². The monoisotopic (exact) mass is 246 g/mol. The molecule has 2 aromatic rings. The van der Waals surface area contributed by atoms with Crippen LogP contribution in [0.2, 0.25) is 0 Å². The van der Waals surface area contributed by atoms with E-state index in [1.54, 1.807) is 12.1 Å². The Morgan fingerprint density at radius 3 is 3.06 bits per heavy atom. The highest BCUT2D eigenvalue weighted by Crippen LogP contribution is 2.33. The molecule has 3 rings (SSSR count). The van der Waals surface area contributed by atoms with Crippen molar-refractivity contribution in [2.45, 2.75) is 19.4 Å². The highest BCUT2D eigenvalue weighted by Gasteiger charge is 2.29. The van der Waals surface area contributed by atoms with Gasteiger partial charge >= 0.3 is 5.97 Å². The fraction of sp³-hybridized carbons (Fsp3) is 0.385. The van der Waals surface area contributed by atoms with Gasteiger partial charge in [0.2, 0.25) is 0 Å². The number of fused-ring (bicyclic) bond motifs is 1. The van der Waals surface area contributed by atoms with Crippen LogP contribution in [-0.2, 0) is 4.74 Å². The number of nitrogens with one attached hydrogen (secondary N) is 1. The number of hydrogen-bond donors (Lipinski definition) is 2. The van der Waals surface area contributed by atoms with Gasteiger partial charge in [0, 0.05) is 6.61 Å². The minimum absolute atomic E-state index is 0.0564. The maximum atomic E-state index is 11.1. The van der Waals surface area contributed by atoms with Crippen LogP contribution >= 0.6 is 0 Å². The van der Waals surface area contributed by atoms with Crippen molar-refractivity contribution in [2.75, 3.05) is 6.61 Å². The van der Waals surface area contributed by atoms with Crippen LogP contribution in [0.5, 0.6) is 0 Å². The number of carboxylic acid groups (broad SMARTS) is 1. The van der Waals surface area contributed by atoms with Crippen LogP contribution in [0.15, 0.2) is 18.2 Å². The first-order chi connectivity index (χ1) is 8.66. The van der Waals surface area contributed by atoms with Crippen molar-refractivity contribution >= 4 is 17.0 Å². The molecule has 0 saturated carbocycles. The third kappa shape index (κ3) is 1.67. The molecule has 0 aliphatic carbocycles. The van der Waals surface area contributed by atoms with Crippen molar-refractivity contribution in [3.63, 3.8) is 0 Å². The van der Waals surface area contributed by atoms with Crippen molar-refractivity contribution in [1.82, 2.24) is 9.97 Å². The number of H-pyrrole nitrogens is 1. The van der Waals surface area contributed by atoms with Crippen molar-refractivity contribution < 1.29 is 14.6 Å². The van der Waals surface area contributed by atoms with E-state index in [9.17, 15) is 4.79 Å². The molecule has 0 radical (unpaired) electrons. The largest absolute Gasteiger partial charge is 0.478 e. The highest BCUT2D eigenvalue weighted by molar-refractivity contribution is 6.00. The minimum Gasteiger partial charge on any atom is -0.478 e. The lowest BCUT2D eigenvalue weighted by molar-refractivity contribution is 0.0698. The summed E-state index contributed by atoms with van der Waals surface area (Å²) in [7, 11) is 0. The maximum absolute atomic E-state index is 11.1. The van der Waals surface area contributed by atoms with Gasteiger partial charge in [-0.15, -0.1) is 0 Å². The van der Waals surface area contributed by atoms with Gasteiger partial charge in [-0.1, -0.05) is 13.0 Å². The summed E-state index contributed by atoms with van der Waals surface area (Å²) in [5.41, 5.74) is 1.47. The van der Waals surface area contributed by atoms with E-state index < -0.39 is 5.97 Å². The normalized spacial score (nSPS) is 23.6. The number of carbonyl (C=O) groups is 1. The second kappa shape index (κ2) is 4.10. The first-order valence-electron chi connectivity index (χ1n) is 6.00. The Hall–Kier alpha value is -1.88. The number of benzene rings is 1. The average molecular weight is 246 g/mol. The second-order valence-corrected chi connectivity index (χ2v) is 4.69. The molecular formula is C13H14N2O3. The topological polar surface area (TPSA) is 75.2 Å². The molecule has 0 spiro atoms. The summed E-state index contributed by atoms with van der Waals surface area (Å²) in [5.74, 6) is 0.168. The number of carboxylic acids is 1. The van der Waals surface area contributed by atoms with Gasteiger partial charge in [0.1, 0.15) is 17.4 Å². The lowest BCUT2D eigenvalue weighted by atomic mass is 10.0. The molecule has 1 aliphatic rings. The molecule has 1 saturated heterocycles. The third-order valence-electron chi connectivity index (χ3n) is 3.42. The van der Waals surface area contributed by atoms with Gasteiger partial charge in [0.05, 0.1) is 11.1 Å². The molecule has 0 amide bonds. The highest BCUT2D eigenvalue weighted by atomic mass is 16.5. The number of aromatic nitrogens is 2. The zero-order valence-corrected chi connectivity index (χ0v) is 10.0. The fourth-order valence-electron chi connectivity index (χ4n) is 2.40. The number of para-hydroxylation sites is 1. The lowest BCUT2D eigenvalue weighted by Crippen LogP contribution is -2.05. The van der Waals surface area contributed by atoms with E-state index in [0.717, 1.165) is 24.4 Å². The minimum atomic E-state index is -0.959. The molecule has 1 aliphatic heterocycles. The molecule has 18 heavy (non-hydrogen) atoms. The van der Waals surface area contributed by atoms with Crippen LogP contribution in [0.1, 0.15) is 35.6 Å². The van der Waals surface area contributed by atoms with E-state index in [1.165, 1.54) is 0 Å². The summed E-state index contributed by atoms with van der Waals surface area (Å²) in [5, 5.41) is 9.12. The molecule has 5 heteroatoms. The quantitative estimate of drug-likeness (QED) is 0.852. The first-order valence-corrected chi connectivity index (χ1v) is 6.00. The summed E-state index contributed by atoms with van der Waals surface area (Å²) >= 11 is 0. The number of rotatable bonds is 2. The van der Waals surface area contributed by atoms with Crippen LogP contribution in [0, 0.1) is 5.92 Å². The smallest absolute Gasteiger partial charge is 0.337 e. The molecule has 2 heterocycles. The number of aromatic carboxylic acids is 1. The molecule has 1 aromatic carbocycles. The van der Waals surface area contributed by atoms with Crippen molar-refractivity contribution in [3.8, 4) is 0 Å². The summed E-state index contributed by atoms with van der Waals surface area (Å²) in [6.07, 6.45) is 0.951. The summed E-state index contributed by atoms with van der Waals surface area (Å²) < 4.78 is 5.64. The standard InChI is InChI=1S/C13H14N2O3/c1-7-5-6-18-11(7)12-14-9-4-2-3-8(13(16)17)10(9)15-12/h2-4,7,11H,5-6H2,1H3,(H,14,15)(H,16,17). The van der Waals surface area contributed by atoms with E-state index in [2.05, 4.69) is 16.9 Å². The molecule has 2 N–H and O–H groups in total. The van der Waals surface area contributed by atoms with Crippen molar-refractivity contribution in [3.05, 3.63) is 29.6 Å². The SMILES string of the molecule is CC1CCOC1c1nc2c(C(=O)O)cccc2[nH]1. The number of ether oxygens (including phenoxy) is 1. The number of nitrogens with zero attached hydrogens (tertiary/aromatic N) is 1. The van der Waals surface area contributed by atoms with Gasteiger partial charge in [0.15, 0.2) is 0 Å². The number of aromatic amines is 1. The molecular weight excluding hydrogens is 232 g/mol. The zero-order valence-electron chi connectivity index (χ0n) is 10.0. The summed E-state index contributed by atoms with van der Waals surface area (Å²) in [4.78, 5) is 18.7.